The molecule has 0 aliphatic rings. The molecule has 0 spiro atoms. The number of nitrogens with zero attached hydrogens (tertiary/aromatic N) is 2. The zero-order valence-corrected chi connectivity index (χ0v) is 9.11. The molecule has 9 nitrogen and oxygen atoms in total. The Kier molecular flexibility index (Phi) is 4.38. The number of carboxylic acids is 2. The summed E-state index contributed by atoms with van der Waals surface area (Å²) in [5.74, 6) is -2.74. The molecule has 0 aromatic carbocycles. The zero-order valence-electron chi connectivity index (χ0n) is 9.11. The van der Waals surface area contributed by atoms with E-state index in [0.29, 0.717) is 0 Å². The van der Waals surface area contributed by atoms with Gasteiger partial charge in [-0.3, -0.25) is 24.6 Å². The standard InChI is InChI=1S/C9H10N2O7/c12-8(13)4-10(5-9(14)15)3-6-1-2-7(18-6)11(16)17/h1-2H,3-5H2,(H,12,13)(H,14,15). The van der Waals surface area contributed by atoms with Gasteiger partial charge in [-0.1, -0.05) is 0 Å². The van der Waals surface area contributed by atoms with Gasteiger partial charge in [-0.25, -0.2) is 0 Å². The molecule has 0 bridgehead atoms. The van der Waals surface area contributed by atoms with E-state index in [2.05, 4.69) is 0 Å². The smallest absolute Gasteiger partial charge is 0.433 e. The zero-order chi connectivity index (χ0) is 13.7. The van der Waals surface area contributed by atoms with Crippen molar-refractivity contribution in [3.63, 3.8) is 0 Å². The molecule has 0 fully saturated rings. The van der Waals surface area contributed by atoms with E-state index in [4.69, 9.17) is 14.6 Å². The lowest BCUT2D eigenvalue weighted by atomic mass is 10.4. The van der Waals surface area contributed by atoms with Crippen LogP contribution in [0.5, 0.6) is 0 Å². The Bertz CT molecular complexity index is 451. The maximum absolute atomic E-state index is 10.5. The summed E-state index contributed by atoms with van der Waals surface area (Å²) in [6.07, 6.45) is 0. The van der Waals surface area contributed by atoms with Gasteiger partial charge in [-0.15, -0.1) is 0 Å². The van der Waals surface area contributed by atoms with Crippen LogP contribution in [0.3, 0.4) is 0 Å². The Morgan fingerprint density at radius 2 is 1.83 bits per heavy atom. The maximum atomic E-state index is 10.5. The monoisotopic (exact) mass is 258 g/mol. The van der Waals surface area contributed by atoms with E-state index in [9.17, 15) is 19.7 Å². The molecule has 2 N–H and O–H groups in total. The van der Waals surface area contributed by atoms with Crippen molar-refractivity contribution in [1.29, 1.82) is 0 Å². The number of furan rings is 1. The lowest BCUT2D eigenvalue weighted by Crippen LogP contribution is -2.33. The first-order valence-corrected chi connectivity index (χ1v) is 4.77. The molecule has 0 aliphatic heterocycles. The average Bonchev–Trinajstić information content (AvgIpc) is 2.63. The summed E-state index contributed by atoms with van der Waals surface area (Å²) in [7, 11) is 0. The molecular formula is C9H10N2O7. The lowest BCUT2D eigenvalue weighted by molar-refractivity contribution is -0.402. The van der Waals surface area contributed by atoms with Gasteiger partial charge in [0.2, 0.25) is 0 Å². The molecule has 1 aromatic heterocycles. The van der Waals surface area contributed by atoms with E-state index in [1.807, 2.05) is 0 Å². The highest BCUT2D eigenvalue weighted by atomic mass is 16.6. The van der Waals surface area contributed by atoms with E-state index in [1.54, 1.807) is 0 Å². The number of hydrogen-bond acceptors (Lipinski definition) is 6. The number of carboxylic acid groups (broad SMARTS) is 2. The van der Waals surface area contributed by atoms with Crippen molar-refractivity contribution in [2.45, 2.75) is 6.54 Å². The summed E-state index contributed by atoms with van der Waals surface area (Å²) < 4.78 is 4.81. The quantitative estimate of drug-likeness (QED) is 0.521. The predicted octanol–water partition coefficient (Wildman–Crippen LogP) is 0.159. The van der Waals surface area contributed by atoms with Crippen LogP contribution in [0.1, 0.15) is 5.76 Å². The van der Waals surface area contributed by atoms with Crippen LogP contribution in [-0.2, 0) is 16.1 Å². The highest BCUT2D eigenvalue weighted by Crippen LogP contribution is 2.16. The van der Waals surface area contributed by atoms with E-state index < -0.39 is 35.8 Å². The van der Waals surface area contributed by atoms with E-state index in [-0.39, 0.29) is 12.3 Å². The Hall–Kier alpha value is -2.42. The van der Waals surface area contributed by atoms with Gasteiger partial charge in [0, 0.05) is 0 Å². The normalized spacial score (nSPS) is 10.5. The van der Waals surface area contributed by atoms with Gasteiger partial charge in [0.1, 0.15) is 10.7 Å². The van der Waals surface area contributed by atoms with Crippen LogP contribution in [0, 0.1) is 10.1 Å². The van der Waals surface area contributed by atoms with Crippen molar-refractivity contribution in [1.82, 2.24) is 4.90 Å². The van der Waals surface area contributed by atoms with Crippen LogP contribution in [0.2, 0.25) is 0 Å². The number of carbonyl (C=O) groups is 2. The lowest BCUT2D eigenvalue weighted by Gasteiger charge is -2.15. The topological polar surface area (TPSA) is 134 Å². The number of rotatable bonds is 7. The molecule has 0 radical (unpaired) electrons. The molecule has 1 rings (SSSR count). The molecule has 0 aliphatic carbocycles. The van der Waals surface area contributed by atoms with Gasteiger partial charge in [-0.2, -0.15) is 0 Å². The van der Waals surface area contributed by atoms with Crippen molar-refractivity contribution in [2.75, 3.05) is 13.1 Å². The van der Waals surface area contributed by atoms with Gasteiger partial charge < -0.3 is 14.6 Å². The average molecular weight is 258 g/mol. The molecule has 0 saturated heterocycles. The van der Waals surface area contributed by atoms with Crippen molar-refractivity contribution in [2.24, 2.45) is 0 Å². The molecule has 1 heterocycles. The highest BCUT2D eigenvalue weighted by Gasteiger charge is 2.18. The Labute approximate surface area is 100 Å². The molecule has 1 aromatic rings. The molecule has 0 atom stereocenters. The molecule has 9 heteroatoms. The van der Waals surface area contributed by atoms with Crippen LogP contribution < -0.4 is 0 Å². The largest absolute Gasteiger partial charge is 0.480 e. The second kappa shape index (κ2) is 5.77. The number of hydrogen-bond donors (Lipinski definition) is 2. The summed E-state index contributed by atoms with van der Waals surface area (Å²) in [6.45, 7) is -1.13. The second-order valence-electron chi connectivity index (χ2n) is 3.43. The Morgan fingerprint density at radius 1 is 1.28 bits per heavy atom. The van der Waals surface area contributed by atoms with Crippen LogP contribution in [0.15, 0.2) is 16.5 Å². The van der Waals surface area contributed by atoms with E-state index in [0.717, 1.165) is 11.0 Å². The van der Waals surface area contributed by atoms with Crippen molar-refractivity contribution >= 4 is 17.8 Å². The summed E-state index contributed by atoms with van der Waals surface area (Å²) in [5.41, 5.74) is 0. The molecule has 0 amide bonds. The Balaban J connectivity index is 2.71. The van der Waals surface area contributed by atoms with Crippen molar-refractivity contribution in [3.05, 3.63) is 28.0 Å². The van der Waals surface area contributed by atoms with Gasteiger partial charge in [0.15, 0.2) is 0 Å². The molecule has 0 unspecified atom stereocenters. The van der Waals surface area contributed by atoms with E-state index >= 15 is 0 Å². The van der Waals surface area contributed by atoms with Crippen LogP contribution in [0.25, 0.3) is 0 Å². The summed E-state index contributed by atoms with van der Waals surface area (Å²) >= 11 is 0. The van der Waals surface area contributed by atoms with Crippen LogP contribution in [-0.4, -0.2) is 45.1 Å². The highest BCUT2D eigenvalue weighted by molar-refractivity contribution is 5.72. The fraction of sp³-hybridized carbons (Fsp3) is 0.333. The fourth-order valence-electron chi connectivity index (χ4n) is 1.32. The minimum atomic E-state index is -1.20. The van der Waals surface area contributed by atoms with Gasteiger partial charge in [0.05, 0.1) is 25.7 Å². The number of aliphatic carboxylic acids is 2. The van der Waals surface area contributed by atoms with Crippen LogP contribution >= 0.6 is 0 Å². The van der Waals surface area contributed by atoms with Crippen molar-refractivity contribution in [3.8, 4) is 0 Å². The van der Waals surface area contributed by atoms with Gasteiger partial charge in [-0.05, 0) is 6.07 Å². The Morgan fingerprint density at radius 3 is 2.22 bits per heavy atom. The van der Waals surface area contributed by atoms with Crippen molar-refractivity contribution < 1.29 is 29.1 Å². The minimum absolute atomic E-state index is 0.129. The third-order valence-electron chi connectivity index (χ3n) is 1.92. The fourth-order valence-corrected chi connectivity index (χ4v) is 1.32. The third kappa shape index (κ3) is 4.22. The minimum Gasteiger partial charge on any atom is -0.480 e. The first-order chi connectivity index (χ1) is 8.38. The summed E-state index contributed by atoms with van der Waals surface area (Å²) in [6, 6.07) is 2.42. The van der Waals surface area contributed by atoms with E-state index in [1.165, 1.54) is 6.07 Å². The first-order valence-electron chi connectivity index (χ1n) is 4.77. The maximum Gasteiger partial charge on any atom is 0.433 e. The molecule has 0 saturated carbocycles. The third-order valence-corrected chi connectivity index (χ3v) is 1.92. The second-order valence-corrected chi connectivity index (χ2v) is 3.43. The first kappa shape index (κ1) is 13.6. The molecule has 98 valence electrons. The van der Waals surface area contributed by atoms with Gasteiger partial charge in [0.25, 0.3) is 0 Å². The number of nitro groups is 1. The molecule has 18 heavy (non-hydrogen) atoms. The van der Waals surface area contributed by atoms with Gasteiger partial charge >= 0.3 is 17.8 Å². The summed E-state index contributed by atoms with van der Waals surface area (Å²) in [5, 5.41) is 27.6. The summed E-state index contributed by atoms with van der Waals surface area (Å²) in [4.78, 5) is 31.8. The predicted molar refractivity (Wildman–Crippen MR) is 55.9 cm³/mol. The SMILES string of the molecule is O=C(O)CN(CC(=O)O)Cc1ccc([N+](=O)[O-])o1. The molecular weight excluding hydrogens is 248 g/mol. The van der Waals surface area contributed by atoms with Crippen LogP contribution in [0.4, 0.5) is 5.88 Å².